The van der Waals surface area contributed by atoms with Crippen LogP contribution in [0.15, 0.2) is 6.07 Å². The van der Waals surface area contributed by atoms with Crippen LogP contribution < -0.4 is 10.6 Å². The molecule has 0 aromatic carbocycles. The number of aromatic nitrogens is 2. The van der Waals surface area contributed by atoms with E-state index in [-0.39, 0.29) is 30.1 Å². The molecular weight excluding hydrogens is 369 g/mol. The van der Waals surface area contributed by atoms with Gasteiger partial charge in [0, 0.05) is 18.2 Å². The van der Waals surface area contributed by atoms with Gasteiger partial charge in [-0.3, -0.25) is 4.79 Å². The molecule has 4 aliphatic rings. The third kappa shape index (κ3) is 3.18. The van der Waals surface area contributed by atoms with Crippen molar-refractivity contribution in [2.75, 3.05) is 5.32 Å². The Balaban J connectivity index is 1.33. The van der Waals surface area contributed by atoms with Crippen molar-refractivity contribution in [2.45, 2.75) is 76.2 Å². The Hall–Kier alpha value is -1.73. The van der Waals surface area contributed by atoms with Gasteiger partial charge < -0.3 is 10.6 Å². The molecule has 0 saturated heterocycles. The maximum absolute atomic E-state index is 13.6. The first kappa shape index (κ1) is 18.3. The van der Waals surface area contributed by atoms with Crippen LogP contribution >= 0.6 is 0 Å². The molecule has 5 nitrogen and oxygen atoms in total. The number of amides is 1. The average Bonchev–Trinajstić information content (AvgIpc) is 3.07. The van der Waals surface area contributed by atoms with Crippen LogP contribution in [0.3, 0.4) is 0 Å². The van der Waals surface area contributed by atoms with E-state index in [0.29, 0.717) is 23.6 Å². The highest BCUT2D eigenvalue weighted by atomic mass is 19.4. The van der Waals surface area contributed by atoms with Gasteiger partial charge in [0.25, 0.3) is 5.91 Å². The summed E-state index contributed by atoms with van der Waals surface area (Å²) in [5.41, 5.74) is 0.0724. The molecule has 154 valence electrons. The molecule has 8 heteroatoms. The number of carbonyl (C=O) groups excluding carboxylic acids is 1. The maximum Gasteiger partial charge on any atom is 0.410 e. The quantitative estimate of drug-likeness (QED) is 0.804. The number of hydrogen-bond donors (Lipinski definition) is 2. The second kappa shape index (κ2) is 6.39. The van der Waals surface area contributed by atoms with Crippen molar-refractivity contribution in [2.24, 2.45) is 23.7 Å². The van der Waals surface area contributed by atoms with Gasteiger partial charge >= 0.3 is 6.18 Å². The average molecular weight is 396 g/mol. The summed E-state index contributed by atoms with van der Waals surface area (Å²) in [7, 11) is 0. The minimum Gasteiger partial charge on any atom is -0.367 e. The first-order chi connectivity index (χ1) is 13.3. The number of anilines is 1. The summed E-state index contributed by atoms with van der Waals surface area (Å²) >= 11 is 0. The van der Waals surface area contributed by atoms with Crippen LogP contribution in [0.2, 0.25) is 0 Å². The van der Waals surface area contributed by atoms with Crippen LogP contribution in [0.4, 0.5) is 19.0 Å². The summed E-state index contributed by atoms with van der Waals surface area (Å²) in [6, 6.07) is -0.360. The number of carbonyl (C=O) groups is 1. The molecule has 0 spiro atoms. The van der Waals surface area contributed by atoms with E-state index in [1.807, 2.05) is 6.92 Å². The fourth-order valence-electron chi connectivity index (χ4n) is 5.82. The Kier molecular flexibility index (Phi) is 4.18. The SMILES string of the molecule is C[C@H](NC(=O)c1cc2n(n1)[C@@H](C(F)(F)F)C[C@@H](C1CC1)N2)[C@@H]1C[C@H]2CC[C@H]1C2. The Labute approximate surface area is 162 Å². The van der Waals surface area contributed by atoms with Gasteiger partial charge in [-0.15, -0.1) is 0 Å². The molecule has 2 bridgehead atoms. The van der Waals surface area contributed by atoms with Gasteiger partial charge in [0.05, 0.1) is 0 Å². The molecule has 3 fully saturated rings. The summed E-state index contributed by atoms with van der Waals surface area (Å²) in [4.78, 5) is 12.7. The van der Waals surface area contributed by atoms with Crippen LogP contribution in [0.1, 0.15) is 68.4 Å². The molecule has 6 atom stereocenters. The van der Waals surface area contributed by atoms with E-state index in [2.05, 4.69) is 15.7 Å². The zero-order chi connectivity index (χ0) is 19.6. The Morgan fingerprint density at radius 3 is 2.57 bits per heavy atom. The summed E-state index contributed by atoms with van der Waals surface area (Å²) in [5, 5.41) is 10.3. The number of rotatable bonds is 4. The van der Waals surface area contributed by atoms with E-state index < -0.39 is 12.2 Å². The fraction of sp³-hybridized carbons (Fsp3) is 0.800. The van der Waals surface area contributed by atoms with Crippen LogP contribution in [-0.4, -0.2) is 33.9 Å². The monoisotopic (exact) mass is 396 g/mol. The van der Waals surface area contributed by atoms with Crippen molar-refractivity contribution in [3.8, 4) is 0 Å². The van der Waals surface area contributed by atoms with Crippen LogP contribution in [-0.2, 0) is 0 Å². The highest BCUT2D eigenvalue weighted by molar-refractivity contribution is 5.93. The topological polar surface area (TPSA) is 59.0 Å². The molecule has 2 heterocycles. The number of nitrogens with zero attached hydrogens (tertiary/aromatic N) is 2. The molecule has 1 aromatic rings. The second-order valence-electron chi connectivity index (χ2n) is 9.34. The largest absolute Gasteiger partial charge is 0.410 e. The number of hydrogen-bond acceptors (Lipinski definition) is 3. The first-order valence-electron chi connectivity index (χ1n) is 10.5. The third-order valence-electron chi connectivity index (χ3n) is 7.44. The molecule has 3 saturated carbocycles. The minimum atomic E-state index is -4.37. The molecular formula is C20H27F3N4O. The Morgan fingerprint density at radius 1 is 1.21 bits per heavy atom. The van der Waals surface area contributed by atoms with E-state index in [1.165, 1.54) is 25.3 Å². The number of nitrogens with one attached hydrogen (secondary N) is 2. The Morgan fingerprint density at radius 2 is 1.96 bits per heavy atom. The Bertz CT molecular complexity index is 772. The van der Waals surface area contributed by atoms with E-state index >= 15 is 0 Å². The van der Waals surface area contributed by atoms with Crippen molar-refractivity contribution in [1.82, 2.24) is 15.1 Å². The fourth-order valence-corrected chi connectivity index (χ4v) is 5.82. The van der Waals surface area contributed by atoms with Crippen LogP contribution in [0.25, 0.3) is 0 Å². The molecule has 0 radical (unpaired) electrons. The third-order valence-corrected chi connectivity index (χ3v) is 7.44. The zero-order valence-corrected chi connectivity index (χ0v) is 16.0. The lowest BCUT2D eigenvalue weighted by atomic mass is 9.84. The maximum atomic E-state index is 13.6. The van der Waals surface area contributed by atoms with E-state index in [9.17, 15) is 18.0 Å². The van der Waals surface area contributed by atoms with Gasteiger partial charge in [0.15, 0.2) is 11.7 Å². The summed E-state index contributed by atoms with van der Waals surface area (Å²) in [6.45, 7) is 2.01. The van der Waals surface area contributed by atoms with Gasteiger partial charge in [-0.1, -0.05) is 6.42 Å². The van der Waals surface area contributed by atoms with Crippen molar-refractivity contribution in [3.63, 3.8) is 0 Å². The molecule has 28 heavy (non-hydrogen) atoms. The molecule has 1 aliphatic heterocycles. The van der Waals surface area contributed by atoms with Crippen molar-refractivity contribution < 1.29 is 18.0 Å². The first-order valence-corrected chi connectivity index (χ1v) is 10.5. The van der Waals surface area contributed by atoms with Crippen molar-refractivity contribution >= 4 is 11.7 Å². The lowest BCUT2D eigenvalue weighted by Crippen LogP contribution is -2.41. The summed E-state index contributed by atoms with van der Waals surface area (Å²) < 4.78 is 41.8. The van der Waals surface area contributed by atoms with Gasteiger partial charge in [-0.05, 0) is 69.1 Å². The standard InChI is InChI=1S/C20H27F3N4O/c1-10(14-7-11-2-3-13(14)6-11)24-19(28)16-9-18-25-15(12-4-5-12)8-17(20(21,22)23)27(18)26-16/h9-15,17,25H,2-8H2,1H3,(H,24,28)/t10-,11-,13-,14-,15-,17+/m0/s1. The lowest BCUT2D eigenvalue weighted by Gasteiger charge is -2.33. The van der Waals surface area contributed by atoms with E-state index in [1.54, 1.807) is 0 Å². The second-order valence-corrected chi connectivity index (χ2v) is 9.34. The molecule has 3 aliphatic carbocycles. The number of alkyl halides is 3. The number of halogens is 3. The zero-order valence-electron chi connectivity index (χ0n) is 16.0. The van der Waals surface area contributed by atoms with Gasteiger partial charge in [0.2, 0.25) is 0 Å². The van der Waals surface area contributed by atoms with Gasteiger partial charge in [-0.25, -0.2) is 4.68 Å². The summed E-state index contributed by atoms with van der Waals surface area (Å²) in [6.07, 6.45) is 2.45. The van der Waals surface area contributed by atoms with Crippen molar-refractivity contribution in [3.05, 3.63) is 11.8 Å². The molecule has 1 aromatic heterocycles. The van der Waals surface area contributed by atoms with Crippen LogP contribution in [0.5, 0.6) is 0 Å². The molecule has 0 unspecified atom stereocenters. The molecule has 5 rings (SSSR count). The highest BCUT2D eigenvalue weighted by Gasteiger charge is 2.49. The minimum absolute atomic E-state index is 0.0205. The molecule has 1 amide bonds. The van der Waals surface area contributed by atoms with Crippen molar-refractivity contribution in [1.29, 1.82) is 0 Å². The predicted octanol–water partition coefficient (Wildman–Crippen LogP) is 4.14. The predicted molar refractivity (Wildman–Crippen MR) is 97.9 cm³/mol. The summed E-state index contributed by atoms with van der Waals surface area (Å²) in [5.74, 6) is 2.16. The molecule has 2 N–H and O–H groups in total. The van der Waals surface area contributed by atoms with Crippen LogP contribution in [0, 0.1) is 23.7 Å². The normalized spacial score (nSPS) is 35.4. The smallest absolute Gasteiger partial charge is 0.367 e. The highest BCUT2D eigenvalue weighted by Crippen LogP contribution is 2.49. The van der Waals surface area contributed by atoms with Gasteiger partial charge in [-0.2, -0.15) is 18.3 Å². The number of fused-ring (bicyclic) bond motifs is 3. The van der Waals surface area contributed by atoms with E-state index in [4.69, 9.17) is 0 Å². The van der Waals surface area contributed by atoms with E-state index in [0.717, 1.165) is 29.9 Å². The lowest BCUT2D eigenvalue weighted by molar-refractivity contribution is -0.174. The van der Waals surface area contributed by atoms with Gasteiger partial charge in [0.1, 0.15) is 5.82 Å².